The van der Waals surface area contributed by atoms with Crippen LogP contribution in [0.5, 0.6) is 0 Å². The second-order valence-electron chi connectivity index (χ2n) is 5.77. The average molecular weight is 282 g/mol. The zero-order valence-corrected chi connectivity index (χ0v) is 12.6. The first kappa shape index (κ1) is 14.3. The Morgan fingerprint density at radius 2 is 1.95 bits per heavy atom. The summed E-state index contributed by atoms with van der Waals surface area (Å²) in [5, 5.41) is 3.58. The maximum absolute atomic E-state index is 11.3. The fourth-order valence-corrected chi connectivity index (χ4v) is 3.16. The number of rotatable bonds is 3. The zero-order chi connectivity index (χ0) is 14.0. The van der Waals surface area contributed by atoms with Gasteiger partial charge in [-0.15, -0.1) is 0 Å². The topological polar surface area (TPSA) is 59.1 Å². The molecule has 0 spiro atoms. The Kier molecular flexibility index (Phi) is 4.13. The molecule has 1 aliphatic rings. The summed E-state index contributed by atoms with van der Waals surface area (Å²) in [5.41, 5.74) is 0.902. The van der Waals surface area contributed by atoms with Crippen molar-refractivity contribution in [3.05, 3.63) is 18.3 Å². The molecule has 3 atom stereocenters. The molecule has 4 nitrogen and oxygen atoms in total. The van der Waals surface area contributed by atoms with E-state index in [1.807, 2.05) is 0 Å². The van der Waals surface area contributed by atoms with Crippen LogP contribution in [0.4, 0.5) is 5.69 Å². The number of hydrogen-bond donors (Lipinski definition) is 1. The molecule has 0 radical (unpaired) electrons. The minimum absolute atomic E-state index is 0.128. The summed E-state index contributed by atoms with van der Waals surface area (Å²) >= 11 is 0. The van der Waals surface area contributed by atoms with E-state index < -0.39 is 9.84 Å². The number of aromatic nitrogens is 1. The minimum Gasteiger partial charge on any atom is -0.381 e. The number of sulfone groups is 1. The van der Waals surface area contributed by atoms with E-state index in [1.54, 1.807) is 18.3 Å². The molecule has 0 saturated heterocycles. The molecule has 1 aliphatic carbocycles. The van der Waals surface area contributed by atoms with Gasteiger partial charge in [0.2, 0.25) is 0 Å². The van der Waals surface area contributed by atoms with Crippen LogP contribution in [0, 0.1) is 11.8 Å². The number of anilines is 1. The second-order valence-corrected chi connectivity index (χ2v) is 7.73. The third kappa shape index (κ3) is 3.69. The summed E-state index contributed by atoms with van der Waals surface area (Å²) in [7, 11) is -3.21. The van der Waals surface area contributed by atoms with Gasteiger partial charge in [0.05, 0.1) is 11.9 Å². The molecule has 0 aliphatic heterocycles. The van der Waals surface area contributed by atoms with Gasteiger partial charge in [0.1, 0.15) is 0 Å². The van der Waals surface area contributed by atoms with Gasteiger partial charge in [-0.25, -0.2) is 13.4 Å². The smallest absolute Gasteiger partial charge is 0.192 e. The lowest BCUT2D eigenvalue weighted by atomic mass is 9.79. The van der Waals surface area contributed by atoms with Crippen LogP contribution in [-0.2, 0) is 9.84 Å². The van der Waals surface area contributed by atoms with E-state index in [9.17, 15) is 8.42 Å². The van der Waals surface area contributed by atoms with Crippen LogP contribution in [-0.4, -0.2) is 25.7 Å². The molecule has 1 N–H and O–H groups in total. The Bertz CT molecular complexity index is 525. The molecular formula is C14H22N2O2S. The van der Waals surface area contributed by atoms with Gasteiger partial charge in [-0.1, -0.05) is 13.8 Å². The van der Waals surface area contributed by atoms with Crippen molar-refractivity contribution in [2.24, 2.45) is 11.8 Å². The monoisotopic (exact) mass is 282 g/mol. The summed E-state index contributed by atoms with van der Waals surface area (Å²) in [6.07, 6.45) is 6.35. The molecule has 1 fully saturated rings. The molecule has 106 valence electrons. The highest BCUT2D eigenvalue weighted by Gasteiger charge is 2.24. The Morgan fingerprint density at radius 3 is 2.47 bits per heavy atom. The van der Waals surface area contributed by atoms with E-state index in [0.29, 0.717) is 6.04 Å². The number of nitrogens with one attached hydrogen (secondary N) is 1. The average Bonchev–Trinajstić information content (AvgIpc) is 2.33. The summed E-state index contributed by atoms with van der Waals surface area (Å²) in [6.45, 7) is 4.60. The minimum atomic E-state index is -3.21. The molecule has 0 aromatic carbocycles. The van der Waals surface area contributed by atoms with Gasteiger partial charge < -0.3 is 5.32 Å². The predicted molar refractivity (Wildman–Crippen MR) is 76.9 cm³/mol. The lowest BCUT2D eigenvalue weighted by molar-refractivity contribution is 0.261. The van der Waals surface area contributed by atoms with Gasteiger partial charge in [0.15, 0.2) is 14.9 Å². The van der Waals surface area contributed by atoms with Gasteiger partial charge >= 0.3 is 0 Å². The number of hydrogen-bond acceptors (Lipinski definition) is 4. The van der Waals surface area contributed by atoms with Crippen molar-refractivity contribution in [1.82, 2.24) is 4.98 Å². The Labute approximate surface area is 115 Å². The van der Waals surface area contributed by atoms with Crippen LogP contribution in [0.25, 0.3) is 0 Å². The molecule has 2 rings (SSSR count). The van der Waals surface area contributed by atoms with Crippen LogP contribution >= 0.6 is 0 Å². The second kappa shape index (κ2) is 5.49. The van der Waals surface area contributed by atoms with E-state index in [4.69, 9.17) is 0 Å². The van der Waals surface area contributed by atoms with Crippen molar-refractivity contribution in [2.75, 3.05) is 11.6 Å². The molecule has 1 aromatic rings. The molecule has 1 saturated carbocycles. The Hall–Kier alpha value is -1.10. The number of pyridine rings is 1. The van der Waals surface area contributed by atoms with Crippen molar-refractivity contribution in [2.45, 2.75) is 44.2 Å². The van der Waals surface area contributed by atoms with Crippen molar-refractivity contribution in [3.63, 3.8) is 0 Å². The zero-order valence-electron chi connectivity index (χ0n) is 11.8. The van der Waals surface area contributed by atoms with Gasteiger partial charge in [0, 0.05) is 12.3 Å². The van der Waals surface area contributed by atoms with Gasteiger partial charge in [-0.05, 0) is 43.2 Å². The molecule has 0 bridgehead atoms. The fourth-order valence-electron chi connectivity index (χ4n) is 2.60. The third-order valence-corrected chi connectivity index (χ3v) is 5.09. The predicted octanol–water partition coefficient (Wildman–Crippen LogP) is 2.72. The van der Waals surface area contributed by atoms with E-state index in [1.165, 1.54) is 19.1 Å². The normalized spacial score (nSPS) is 28.1. The van der Waals surface area contributed by atoms with Crippen molar-refractivity contribution in [3.8, 4) is 0 Å². The highest BCUT2D eigenvalue weighted by Crippen LogP contribution is 2.30. The van der Waals surface area contributed by atoms with Gasteiger partial charge in [-0.2, -0.15) is 0 Å². The highest BCUT2D eigenvalue weighted by atomic mass is 32.2. The summed E-state index contributed by atoms with van der Waals surface area (Å²) in [6, 6.07) is 3.83. The van der Waals surface area contributed by atoms with E-state index >= 15 is 0 Å². The first-order chi connectivity index (χ1) is 8.86. The van der Waals surface area contributed by atoms with Crippen molar-refractivity contribution in [1.29, 1.82) is 0 Å². The highest BCUT2D eigenvalue weighted by molar-refractivity contribution is 7.90. The summed E-state index contributed by atoms with van der Waals surface area (Å²) in [5.74, 6) is 1.53. The van der Waals surface area contributed by atoms with Crippen LogP contribution in [0.15, 0.2) is 23.4 Å². The molecule has 5 heteroatoms. The Morgan fingerprint density at radius 1 is 1.21 bits per heavy atom. The lowest BCUT2D eigenvalue weighted by Crippen LogP contribution is -2.30. The maximum atomic E-state index is 11.3. The van der Waals surface area contributed by atoms with E-state index in [-0.39, 0.29) is 5.03 Å². The third-order valence-electron chi connectivity index (χ3n) is 4.09. The SMILES string of the molecule is CC1CCC(Nc2ccc(S(C)(=O)=O)nc2)CC1C. The summed E-state index contributed by atoms with van der Waals surface area (Å²) < 4.78 is 22.7. The van der Waals surface area contributed by atoms with E-state index in [0.717, 1.165) is 23.9 Å². The van der Waals surface area contributed by atoms with Crippen LogP contribution in [0.1, 0.15) is 33.1 Å². The lowest BCUT2D eigenvalue weighted by Gasteiger charge is -2.33. The molecular weight excluding hydrogens is 260 g/mol. The van der Waals surface area contributed by atoms with Crippen LogP contribution in [0.2, 0.25) is 0 Å². The molecule has 1 heterocycles. The standard InChI is InChI=1S/C14H22N2O2S/c1-10-4-5-12(8-11(10)2)16-13-6-7-14(15-9-13)19(3,17)18/h6-7,9-12,16H,4-5,8H2,1-3H3. The van der Waals surface area contributed by atoms with E-state index in [2.05, 4.69) is 24.1 Å². The largest absolute Gasteiger partial charge is 0.381 e. The van der Waals surface area contributed by atoms with Gasteiger partial charge in [0.25, 0.3) is 0 Å². The maximum Gasteiger partial charge on any atom is 0.192 e. The molecule has 1 aromatic heterocycles. The van der Waals surface area contributed by atoms with Crippen molar-refractivity contribution < 1.29 is 8.42 Å². The number of nitrogens with zero attached hydrogens (tertiary/aromatic N) is 1. The first-order valence-corrected chi connectivity index (χ1v) is 8.68. The fraction of sp³-hybridized carbons (Fsp3) is 0.643. The first-order valence-electron chi connectivity index (χ1n) is 6.79. The van der Waals surface area contributed by atoms with Crippen molar-refractivity contribution >= 4 is 15.5 Å². The summed E-state index contributed by atoms with van der Waals surface area (Å²) in [4.78, 5) is 4.00. The molecule has 19 heavy (non-hydrogen) atoms. The molecule has 3 unspecified atom stereocenters. The Balaban J connectivity index is 2.00. The van der Waals surface area contributed by atoms with Crippen LogP contribution in [0.3, 0.4) is 0 Å². The van der Waals surface area contributed by atoms with Gasteiger partial charge in [-0.3, -0.25) is 0 Å². The molecule has 0 amide bonds. The quantitative estimate of drug-likeness (QED) is 0.926. The van der Waals surface area contributed by atoms with Crippen LogP contribution < -0.4 is 5.32 Å².